The number of nitrogens with one attached hydrogen (secondary N) is 1. The zero-order valence-electron chi connectivity index (χ0n) is 13.2. The number of hydrogen-bond acceptors (Lipinski definition) is 4. The monoisotopic (exact) mass is 287 g/mol. The van der Waals surface area contributed by atoms with Crippen LogP contribution in [0.3, 0.4) is 0 Å². The Morgan fingerprint density at radius 3 is 2.29 bits per heavy atom. The Labute approximate surface area is 127 Å². The third kappa shape index (κ3) is 3.91. The van der Waals surface area contributed by atoms with E-state index in [1.165, 1.54) is 0 Å². The first-order chi connectivity index (χ1) is 10.3. The maximum Gasteiger partial charge on any atom is 0.237 e. The van der Waals surface area contributed by atoms with E-state index in [0.29, 0.717) is 11.8 Å². The van der Waals surface area contributed by atoms with Gasteiger partial charge in [-0.1, -0.05) is 51.1 Å². The van der Waals surface area contributed by atoms with E-state index in [1.807, 2.05) is 18.2 Å². The fourth-order valence-electron chi connectivity index (χ4n) is 2.45. The standard InChI is InChI=1S/C17H25N3O/c1-4-12-18-15(14-10-8-7-9-11-14)17-20-19-16(21-17)13(5-2)6-3/h7-11,13,15,18H,4-6,12H2,1-3H3. The van der Waals surface area contributed by atoms with E-state index in [4.69, 9.17) is 4.42 Å². The van der Waals surface area contributed by atoms with E-state index >= 15 is 0 Å². The molecule has 1 heterocycles. The van der Waals surface area contributed by atoms with Gasteiger partial charge in [0.15, 0.2) is 0 Å². The predicted octanol–water partition coefficient (Wildman–Crippen LogP) is 4.06. The van der Waals surface area contributed by atoms with Crippen LogP contribution in [0.1, 0.15) is 69.3 Å². The van der Waals surface area contributed by atoms with Gasteiger partial charge in [0.1, 0.15) is 6.04 Å². The molecule has 0 saturated carbocycles. The highest BCUT2D eigenvalue weighted by atomic mass is 16.4. The molecule has 0 saturated heterocycles. The lowest BCUT2D eigenvalue weighted by molar-refractivity contribution is 0.376. The Balaban J connectivity index is 2.25. The SMILES string of the molecule is CCCNC(c1ccccc1)c1nnc(C(CC)CC)o1. The summed E-state index contributed by atoms with van der Waals surface area (Å²) in [7, 11) is 0. The van der Waals surface area contributed by atoms with Crippen LogP contribution in [0.2, 0.25) is 0 Å². The van der Waals surface area contributed by atoms with Crippen LogP contribution in [0.5, 0.6) is 0 Å². The van der Waals surface area contributed by atoms with Crippen LogP contribution in [0.4, 0.5) is 0 Å². The summed E-state index contributed by atoms with van der Waals surface area (Å²) in [6.45, 7) is 7.38. The molecule has 114 valence electrons. The molecule has 0 aliphatic heterocycles. The van der Waals surface area contributed by atoms with Crippen LogP contribution in [0.25, 0.3) is 0 Å². The van der Waals surface area contributed by atoms with Crippen LogP contribution in [-0.4, -0.2) is 16.7 Å². The largest absolute Gasteiger partial charge is 0.423 e. The lowest BCUT2D eigenvalue weighted by atomic mass is 10.0. The molecule has 0 bridgehead atoms. The summed E-state index contributed by atoms with van der Waals surface area (Å²) >= 11 is 0. The van der Waals surface area contributed by atoms with Crippen LogP contribution in [0, 0.1) is 0 Å². The predicted molar refractivity (Wildman–Crippen MR) is 84.2 cm³/mol. The molecule has 1 aromatic carbocycles. The van der Waals surface area contributed by atoms with Crippen LogP contribution >= 0.6 is 0 Å². The fourth-order valence-corrected chi connectivity index (χ4v) is 2.45. The normalized spacial score (nSPS) is 12.8. The van der Waals surface area contributed by atoms with Crippen LogP contribution in [-0.2, 0) is 0 Å². The average molecular weight is 287 g/mol. The van der Waals surface area contributed by atoms with Crippen molar-refractivity contribution in [3.05, 3.63) is 47.7 Å². The Kier molecular flexibility index (Phi) is 5.93. The molecule has 0 aliphatic carbocycles. The zero-order chi connectivity index (χ0) is 15.1. The summed E-state index contributed by atoms with van der Waals surface area (Å²) in [5.41, 5.74) is 1.16. The van der Waals surface area contributed by atoms with Gasteiger partial charge >= 0.3 is 0 Å². The molecular formula is C17H25N3O. The molecule has 1 N–H and O–H groups in total. The van der Waals surface area contributed by atoms with E-state index in [1.54, 1.807) is 0 Å². The minimum atomic E-state index is -0.0261. The summed E-state index contributed by atoms with van der Waals surface area (Å²) in [6.07, 6.45) is 3.12. The van der Waals surface area contributed by atoms with Gasteiger partial charge in [-0.3, -0.25) is 0 Å². The third-order valence-corrected chi connectivity index (χ3v) is 3.77. The molecule has 1 atom stereocenters. The fraction of sp³-hybridized carbons (Fsp3) is 0.529. The highest BCUT2D eigenvalue weighted by Crippen LogP contribution is 2.26. The van der Waals surface area contributed by atoms with Crippen LogP contribution < -0.4 is 5.32 Å². The third-order valence-electron chi connectivity index (χ3n) is 3.77. The highest BCUT2D eigenvalue weighted by molar-refractivity contribution is 5.23. The van der Waals surface area contributed by atoms with E-state index < -0.39 is 0 Å². The summed E-state index contributed by atoms with van der Waals surface area (Å²) < 4.78 is 5.96. The van der Waals surface area contributed by atoms with Crippen molar-refractivity contribution in [3.63, 3.8) is 0 Å². The highest BCUT2D eigenvalue weighted by Gasteiger charge is 2.22. The van der Waals surface area contributed by atoms with E-state index in [0.717, 1.165) is 37.3 Å². The van der Waals surface area contributed by atoms with Crippen molar-refractivity contribution in [2.75, 3.05) is 6.54 Å². The lowest BCUT2D eigenvalue weighted by Gasteiger charge is -2.15. The van der Waals surface area contributed by atoms with E-state index in [-0.39, 0.29) is 6.04 Å². The molecule has 0 fully saturated rings. The molecule has 0 amide bonds. The minimum Gasteiger partial charge on any atom is -0.423 e. The van der Waals surface area contributed by atoms with Gasteiger partial charge in [0.25, 0.3) is 0 Å². The maximum atomic E-state index is 5.96. The number of nitrogens with zero attached hydrogens (tertiary/aromatic N) is 2. The van der Waals surface area contributed by atoms with Crippen molar-refractivity contribution in [1.82, 2.24) is 15.5 Å². The molecule has 0 spiro atoms. The summed E-state index contributed by atoms with van der Waals surface area (Å²) in [5.74, 6) is 1.78. The Morgan fingerprint density at radius 2 is 1.67 bits per heavy atom. The first kappa shape index (κ1) is 15.7. The van der Waals surface area contributed by atoms with Gasteiger partial charge in [-0.2, -0.15) is 0 Å². The number of benzene rings is 1. The van der Waals surface area contributed by atoms with Crippen molar-refractivity contribution < 1.29 is 4.42 Å². The first-order valence-electron chi connectivity index (χ1n) is 7.91. The molecule has 4 heteroatoms. The van der Waals surface area contributed by atoms with Crippen molar-refractivity contribution >= 4 is 0 Å². The second kappa shape index (κ2) is 7.93. The minimum absolute atomic E-state index is 0.0261. The second-order valence-electron chi connectivity index (χ2n) is 5.29. The van der Waals surface area contributed by atoms with Crippen molar-refractivity contribution in [1.29, 1.82) is 0 Å². The molecule has 1 unspecified atom stereocenters. The van der Waals surface area contributed by atoms with Gasteiger partial charge in [0, 0.05) is 5.92 Å². The zero-order valence-corrected chi connectivity index (χ0v) is 13.2. The number of aromatic nitrogens is 2. The summed E-state index contributed by atoms with van der Waals surface area (Å²) in [5, 5.41) is 12.0. The molecule has 21 heavy (non-hydrogen) atoms. The molecule has 4 nitrogen and oxygen atoms in total. The number of rotatable bonds is 8. The van der Waals surface area contributed by atoms with Gasteiger partial charge in [-0.05, 0) is 31.4 Å². The Bertz CT molecular complexity index is 520. The van der Waals surface area contributed by atoms with E-state index in [2.05, 4.69) is 48.4 Å². The Hall–Kier alpha value is -1.68. The van der Waals surface area contributed by atoms with E-state index in [9.17, 15) is 0 Å². The molecule has 2 aromatic rings. The molecular weight excluding hydrogens is 262 g/mol. The summed E-state index contributed by atoms with van der Waals surface area (Å²) in [6, 6.07) is 10.2. The van der Waals surface area contributed by atoms with Crippen molar-refractivity contribution in [2.24, 2.45) is 0 Å². The second-order valence-corrected chi connectivity index (χ2v) is 5.29. The molecule has 0 aliphatic rings. The quantitative estimate of drug-likeness (QED) is 0.795. The Morgan fingerprint density at radius 1 is 1.00 bits per heavy atom. The van der Waals surface area contributed by atoms with Gasteiger partial charge in [-0.25, -0.2) is 0 Å². The van der Waals surface area contributed by atoms with Gasteiger partial charge in [-0.15, -0.1) is 10.2 Å². The molecule has 2 rings (SSSR count). The topological polar surface area (TPSA) is 51.0 Å². The maximum absolute atomic E-state index is 5.96. The average Bonchev–Trinajstić information content (AvgIpc) is 3.00. The smallest absolute Gasteiger partial charge is 0.237 e. The van der Waals surface area contributed by atoms with Gasteiger partial charge < -0.3 is 9.73 Å². The van der Waals surface area contributed by atoms with Gasteiger partial charge in [0.2, 0.25) is 11.8 Å². The first-order valence-corrected chi connectivity index (χ1v) is 7.91. The van der Waals surface area contributed by atoms with Crippen molar-refractivity contribution in [2.45, 2.75) is 52.0 Å². The molecule has 1 aromatic heterocycles. The molecule has 0 radical (unpaired) electrons. The van der Waals surface area contributed by atoms with Crippen LogP contribution in [0.15, 0.2) is 34.7 Å². The van der Waals surface area contributed by atoms with Gasteiger partial charge in [0.05, 0.1) is 0 Å². The number of hydrogen-bond donors (Lipinski definition) is 1. The lowest BCUT2D eigenvalue weighted by Crippen LogP contribution is -2.23. The summed E-state index contributed by atoms with van der Waals surface area (Å²) in [4.78, 5) is 0. The van der Waals surface area contributed by atoms with Crippen molar-refractivity contribution in [3.8, 4) is 0 Å².